The van der Waals surface area contributed by atoms with Crippen molar-refractivity contribution in [2.45, 2.75) is 13.3 Å². The standard InChI is InChI=1S/C19H18O3/c1-2-22-19(21)17(14-15-10-6-5-7-11-15)18(20)16-12-8-3-4-9-13-16/h3-12,14H,2,13H2,1H3/b17-14+. The van der Waals surface area contributed by atoms with E-state index < -0.39 is 5.97 Å². The van der Waals surface area contributed by atoms with Crippen molar-refractivity contribution in [1.82, 2.24) is 0 Å². The number of Topliss-reactive ketones (excluding diaryl/α,β-unsaturated/α-hetero) is 1. The molecule has 0 radical (unpaired) electrons. The maximum absolute atomic E-state index is 12.7. The number of hydrogen-bond acceptors (Lipinski definition) is 3. The largest absolute Gasteiger partial charge is 0.462 e. The van der Waals surface area contributed by atoms with Crippen molar-refractivity contribution in [2.75, 3.05) is 6.61 Å². The van der Waals surface area contributed by atoms with E-state index in [4.69, 9.17) is 4.74 Å². The third-order valence-electron chi connectivity index (χ3n) is 3.14. The molecule has 0 heterocycles. The molecular weight excluding hydrogens is 276 g/mol. The third kappa shape index (κ3) is 4.16. The number of benzene rings is 1. The van der Waals surface area contributed by atoms with E-state index in [0.29, 0.717) is 12.0 Å². The highest BCUT2D eigenvalue weighted by atomic mass is 16.5. The fourth-order valence-electron chi connectivity index (χ4n) is 2.06. The summed E-state index contributed by atoms with van der Waals surface area (Å²) in [4.78, 5) is 24.8. The van der Waals surface area contributed by atoms with Gasteiger partial charge in [0.25, 0.3) is 0 Å². The SMILES string of the molecule is CCOC(=O)/C(=C/c1ccccc1)C(=O)C1=CC=CC=CC1. The lowest BCUT2D eigenvalue weighted by atomic mass is 9.98. The minimum atomic E-state index is -0.588. The maximum atomic E-state index is 12.7. The molecule has 2 rings (SSSR count). The fourth-order valence-corrected chi connectivity index (χ4v) is 2.06. The molecule has 0 saturated heterocycles. The molecule has 0 unspecified atom stereocenters. The minimum absolute atomic E-state index is 0.0583. The summed E-state index contributed by atoms with van der Waals surface area (Å²) in [6.07, 6.45) is 11.2. The molecule has 1 aromatic carbocycles. The average molecular weight is 294 g/mol. The first-order valence-corrected chi connectivity index (χ1v) is 7.23. The first-order chi connectivity index (χ1) is 10.7. The summed E-state index contributed by atoms with van der Waals surface area (Å²) >= 11 is 0. The summed E-state index contributed by atoms with van der Waals surface area (Å²) in [5.41, 5.74) is 1.42. The van der Waals surface area contributed by atoms with Crippen molar-refractivity contribution in [1.29, 1.82) is 0 Å². The normalized spacial score (nSPS) is 14.2. The van der Waals surface area contributed by atoms with Crippen LogP contribution in [0.1, 0.15) is 18.9 Å². The molecule has 0 bridgehead atoms. The zero-order chi connectivity index (χ0) is 15.8. The van der Waals surface area contributed by atoms with Gasteiger partial charge < -0.3 is 4.74 Å². The Hall–Kier alpha value is -2.68. The highest BCUT2D eigenvalue weighted by molar-refractivity contribution is 6.26. The summed E-state index contributed by atoms with van der Waals surface area (Å²) < 4.78 is 5.03. The lowest BCUT2D eigenvalue weighted by molar-refractivity contribution is -0.139. The van der Waals surface area contributed by atoms with Gasteiger partial charge in [0.1, 0.15) is 5.57 Å². The monoisotopic (exact) mass is 294 g/mol. The first-order valence-electron chi connectivity index (χ1n) is 7.23. The van der Waals surface area contributed by atoms with Crippen LogP contribution >= 0.6 is 0 Å². The molecule has 3 nitrogen and oxygen atoms in total. The Morgan fingerprint density at radius 1 is 1.14 bits per heavy atom. The highest BCUT2D eigenvalue weighted by Gasteiger charge is 2.22. The number of allylic oxidation sites excluding steroid dienone is 6. The molecule has 0 aromatic heterocycles. The van der Waals surface area contributed by atoms with E-state index in [1.807, 2.05) is 48.6 Å². The Labute approximate surface area is 130 Å². The predicted molar refractivity (Wildman–Crippen MR) is 87.0 cm³/mol. The van der Waals surface area contributed by atoms with Crippen LogP contribution in [-0.2, 0) is 14.3 Å². The molecule has 0 N–H and O–H groups in total. The second-order valence-corrected chi connectivity index (χ2v) is 4.73. The second-order valence-electron chi connectivity index (χ2n) is 4.73. The Morgan fingerprint density at radius 3 is 2.64 bits per heavy atom. The van der Waals surface area contributed by atoms with Gasteiger partial charge in [0.05, 0.1) is 6.61 Å². The molecule has 112 valence electrons. The van der Waals surface area contributed by atoms with Crippen LogP contribution in [0, 0.1) is 0 Å². The van der Waals surface area contributed by atoms with Crippen LogP contribution in [0.4, 0.5) is 0 Å². The molecule has 1 aliphatic rings. The highest BCUT2D eigenvalue weighted by Crippen LogP contribution is 2.17. The van der Waals surface area contributed by atoms with Crippen molar-refractivity contribution in [3.05, 3.63) is 77.4 Å². The van der Waals surface area contributed by atoms with E-state index >= 15 is 0 Å². The predicted octanol–water partition coefficient (Wildman–Crippen LogP) is 3.64. The Morgan fingerprint density at radius 2 is 1.91 bits per heavy atom. The van der Waals surface area contributed by atoms with Crippen LogP contribution in [0.2, 0.25) is 0 Å². The van der Waals surface area contributed by atoms with Gasteiger partial charge in [-0.25, -0.2) is 4.79 Å². The molecule has 0 fully saturated rings. The molecule has 0 amide bonds. The number of carbonyl (C=O) groups is 2. The molecule has 0 aliphatic heterocycles. The second kappa shape index (κ2) is 7.93. The van der Waals surface area contributed by atoms with Crippen LogP contribution in [0.15, 0.2) is 71.9 Å². The van der Waals surface area contributed by atoms with Gasteiger partial charge in [-0.1, -0.05) is 60.7 Å². The van der Waals surface area contributed by atoms with Gasteiger partial charge in [-0.15, -0.1) is 0 Å². The molecule has 3 heteroatoms. The number of esters is 1. The van der Waals surface area contributed by atoms with E-state index in [0.717, 1.165) is 5.56 Å². The van der Waals surface area contributed by atoms with E-state index in [2.05, 4.69) is 0 Å². The number of rotatable bonds is 5. The Balaban J connectivity index is 2.36. The molecule has 22 heavy (non-hydrogen) atoms. The van der Waals surface area contributed by atoms with Crippen LogP contribution in [0.5, 0.6) is 0 Å². The zero-order valence-corrected chi connectivity index (χ0v) is 12.5. The molecule has 1 aromatic rings. The van der Waals surface area contributed by atoms with E-state index in [1.54, 1.807) is 25.2 Å². The van der Waals surface area contributed by atoms with Gasteiger partial charge in [-0.2, -0.15) is 0 Å². The average Bonchev–Trinajstić information content (AvgIpc) is 2.82. The van der Waals surface area contributed by atoms with Gasteiger partial charge >= 0.3 is 5.97 Å². The van der Waals surface area contributed by atoms with Crippen molar-refractivity contribution in [3.8, 4) is 0 Å². The molecule has 0 atom stereocenters. The van der Waals surface area contributed by atoms with Gasteiger partial charge in [0.2, 0.25) is 0 Å². The van der Waals surface area contributed by atoms with Crippen LogP contribution in [-0.4, -0.2) is 18.4 Å². The van der Waals surface area contributed by atoms with Gasteiger partial charge in [-0.3, -0.25) is 4.79 Å². The summed E-state index contributed by atoms with van der Waals surface area (Å²) in [6, 6.07) is 9.28. The quantitative estimate of drug-likeness (QED) is 0.360. The number of ketones is 1. The van der Waals surface area contributed by atoms with Crippen LogP contribution < -0.4 is 0 Å². The molecule has 0 spiro atoms. The van der Waals surface area contributed by atoms with E-state index in [-0.39, 0.29) is 18.0 Å². The number of hydrogen-bond donors (Lipinski definition) is 0. The Bertz CT molecular complexity index is 661. The van der Waals surface area contributed by atoms with Gasteiger partial charge in [0, 0.05) is 5.57 Å². The topological polar surface area (TPSA) is 43.4 Å². The van der Waals surface area contributed by atoms with Gasteiger partial charge in [-0.05, 0) is 25.0 Å². The van der Waals surface area contributed by atoms with Crippen molar-refractivity contribution in [3.63, 3.8) is 0 Å². The Kier molecular flexibility index (Phi) is 5.66. The zero-order valence-electron chi connectivity index (χ0n) is 12.5. The minimum Gasteiger partial charge on any atom is -0.462 e. The van der Waals surface area contributed by atoms with E-state index in [1.165, 1.54) is 0 Å². The first kappa shape index (κ1) is 15.7. The van der Waals surface area contributed by atoms with Crippen LogP contribution in [0.3, 0.4) is 0 Å². The van der Waals surface area contributed by atoms with Crippen molar-refractivity contribution < 1.29 is 14.3 Å². The van der Waals surface area contributed by atoms with Gasteiger partial charge in [0.15, 0.2) is 5.78 Å². The molecular formula is C19H18O3. The number of ether oxygens (including phenoxy) is 1. The number of carbonyl (C=O) groups excluding carboxylic acids is 2. The smallest absolute Gasteiger partial charge is 0.342 e. The molecule has 1 aliphatic carbocycles. The summed E-state index contributed by atoms with van der Waals surface area (Å²) in [7, 11) is 0. The third-order valence-corrected chi connectivity index (χ3v) is 3.14. The molecule has 0 saturated carbocycles. The fraction of sp³-hybridized carbons (Fsp3) is 0.158. The van der Waals surface area contributed by atoms with Crippen LogP contribution in [0.25, 0.3) is 6.08 Å². The van der Waals surface area contributed by atoms with Crippen molar-refractivity contribution in [2.24, 2.45) is 0 Å². The summed E-state index contributed by atoms with van der Waals surface area (Å²) in [6.45, 7) is 1.95. The summed E-state index contributed by atoms with van der Waals surface area (Å²) in [5, 5.41) is 0. The maximum Gasteiger partial charge on any atom is 0.342 e. The lowest BCUT2D eigenvalue weighted by Crippen LogP contribution is -2.17. The lowest BCUT2D eigenvalue weighted by Gasteiger charge is -2.08. The van der Waals surface area contributed by atoms with Crippen molar-refractivity contribution >= 4 is 17.8 Å². The van der Waals surface area contributed by atoms with E-state index in [9.17, 15) is 9.59 Å². The summed E-state index contributed by atoms with van der Waals surface area (Å²) in [5.74, 6) is -0.882.